The van der Waals surface area contributed by atoms with Crippen LogP contribution in [0.1, 0.15) is 48.6 Å². The van der Waals surface area contributed by atoms with Gasteiger partial charge in [-0.3, -0.25) is 4.79 Å². The summed E-state index contributed by atoms with van der Waals surface area (Å²) in [7, 11) is 0. The third kappa shape index (κ3) is 3.21. The monoisotopic (exact) mass is 421 g/mol. The minimum Gasteiger partial charge on any atom is -0.324 e. The zero-order valence-corrected chi connectivity index (χ0v) is 17.8. The van der Waals surface area contributed by atoms with Gasteiger partial charge in [-0.1, -0.05) is 26.0 Å². The highest BCUT2D eigenvalue weighted by Crippen LogP contribution is 2.36. The number of nitrogens with zero attached hydrogens (tertiary/aromatic N) is 4. The number of aryl methyl sites for hydroxylation is 2. The van der Waals surface area contributed by atoms with Crippen molar-refractivity contribution in [1.82, 2.24) is 19.2 Å². The van der Waals surface area contributed by atoms with E-state index in [4.69, 9.17) is 0 Å². The smallest absolute Gasteiger partial charge is 0.324 e. The van der Waals surface area contributed by atoms with E-state index in [0.717, 1.165) is 29.5 Å². The molecule has 0 bridgehead atoms. The van der Waals surface area contributed by atoms with Gasteiger partial charge in [0.25, 0.3) is 0 Å². The number of carbonyl (C=O) groups is 1. The Morgan fingerprint density at radius 1 is 1.20 bits per heavy atom. The van der Waals surface area contributed by atoms with Gasteiger partial charge < -0.3 is 5.32 Å². The van der Waals surface area contributed by atoms with Crippen LogP contribution in [-0.2, 0) is 24.2 Å². The maximum Gasteiger partial charge on any atom is 0.352 e. The van der Waals surface area contributed by atoms with Crippen LogP contribution in [-0.4, -0.2) is 25.1 Å². The number of fused-ring (bicyclic) bond motifs is 5. The van der Waals surface area contributed by atoms with Crippen molar-refractivity contribution in [3.05, 3.63) is 57.1 Å². The van der Waals surface area contributed by atoms with Crippen LogP contribution in [0.25, 0.3) is 15.9 Å². The lowest BCUT2D eigenvalue weighted by molar-refractivity contribution is -0.117. The number of carbonyl (C=O) groups excluding carboxylic acids is 1. The first kappa shape index (κ1) is 19.0. The summed E-state index contributed by atoms with van der Waals surface area (Å²) < 4.78 is 2.68. The van der Waals surface area contributed by atoms with E-state index in [9.17, 15) is 9.59 Å². The molecule has 0 aliphatic heterocycles. The van der Waals surface area contributed by atoms with Gasteiger partial charge in [-0.2, -0.15) is 0 Å². The minimum atomic E-state index is -0.347. The molecule has 30 heavy (non-hydrogen) atoms. The number of thiophene rings is 1. The molecular weight excluding hydrogens is 398 g/mol. The molecule has 1 aromatic carbocycles. The SMILES string of the molecule is CC(C)c1ccc(NC(=O)Cn2nc3c4c5c(sc4ncn3c2=O)CCCC5)cc1. The van der Waals surface area contributed by atoms with Gasteiger partial charge in [0.2, 0.25) is 5.91 Å². The molecule has 8 heteroatoms. The predicted octanol–water partition coefficient (Wildman–Crippen LogP) is 3.75. The van der Waals surface area contributed by atoms with E-state index in [2.05, 4.69) is 29.2 Å². The molecular formula is C22H23N5O2S. The van der Waals surface area contributed by atoms with E-state index in [1.807, 2.05) is 24.3 Å². The molecule has 3 aromatic heterocycles. The minimum absolute atomic E-state index is 0.139. The van der Waals surface area contributed by atoms with E-state index >= 15 is 0 Å². The van der Waals surface area contributed by atoms with Crippen LogP contribution in [0.5, 0.6) is 0 Å². The quantitative estimate of drug-likeness (QED) is 0.544. The molecule has 154 valence electrons. The molecule has 0 radical (unpaired) electrons. The third-order valence-electron chi connectivity index (χ3n) is 5.69. The average molecular weight is 422 g/mol. The Kier molecular flexibility index (Phi) is 4.66. The van der Waals surface area contributed by atoms with Gasteiger partial charge in [-0.15, -0.1) is 16.4 Å². The summed E-state index contributed by atoms with van der Waals surface area (Å²) >= 11 is 1.69. The fraction of sp³-hybridized carbons (Fsp3) is 0.364. The molecule has 3 heterocycles. The molecule has 1 aliphatic carbocycles. The summed E-state index contributed by atoms with van der Waals surface area (Å²) in [6, 6.07) is 7.76. The zero-order chi connectivity index (χ0) is 20.8. The molecule has 0 atom stereocenters. The molecule has 5 rings (SSSR count). The van der Waals surface area contributed by atoms with Crippen LogP contribution in [0.15, 0.2) is 35.4 Å². The Morgan fingerprint density at radius 3 is 2.73 bits per heavy atom. The van der Waals surface area contributed by atoms with Crippen LogP contribution in [0, 0.1) is 0 Å². The first-order valence-corrected chi connectivity index (χ1v) is 11.1. The predicted molar refractivity (Wildman–Crippen MR) is 118 cm³/mol. The lowest BCUT2D eigenvalue weighted by atomic mass is 9.97. The van der Waals surface area contributed by atoms with Gasteiger partial charge in [0.1, 0.15) is 17.7 Å². The highest BCUT2D eigenvalue weighted by molar-refractivity contribution is 7.19. The van der Waals surface area contributed by atoms with Gasteiger partial charge in [0.15, 0.2) is 5.65 Å². The van der Waals surface area contributed by atoms with Crippen LogP contribution in [0.4, 0.5) is 5.69 Å². The largest absolute Gasteiger partial charge is 0.352 e. The van der Waals surface area contributed by atoms with Gasteiger partial charge in [0.05, 0.1) is 5.39 Å². The van der Waals surface area contributed by atoms with Crippen molar-refractivity contribution in [2.45, 2.75) is 52.0 Å². The molecule has 4 aromatic rings. The second kappa shape index (κ2) is 7.36. The van der Waals surface area contributed by atoms with Crippen LogP contribution < -0.4 is 11.0 Å². The summed E-state index contributed by atoms with van der Waals surface area (Å²) in [5, 5.41) is 8.33. The second-order valence-electron chi connectivity index (χ2n) is 8.09. The van der Waals surface area contributed by atoms with Crippen LogP contribution >= 0.6 is 11.3 Å². The summed E-state index contributed by atoms with van der Waals surface area (Å²) in [6.45, 7) is 4.11. The summed E-state index contributed by atoms with van der Waals surface area (Å²) in [6.07, 6.45) is 5.91. The standard InChI is InChI=1S/C22H23N5O2S/c1-13(2)14-7-9-15(10-8-14)24-18(28)11-27-22(29)26-12-23-21-19(20(26)25-27)16-5-3-4-6-17(16)30-21/h7-10,12-13H,3-6,11H2,1-2H3,(H,24,28). The Labute approximate surface area is 177 Å². The molecule has 0 fully saturated rings. The zero-order valence-electron chi connectivity index (χ0n) is 17.0. The molecule has 0 saturated heterocycles. The molecule has 0 saturated carbocycles. The van der Waals surface area contributed by atoms with Gasteiger partial charge in [-0.25, -0.2) is 18.9 Å². The van der Waals surface area contributed by atoms with E-state index in [1.165, 1.54) is 37.8 Å². The Balaban J connectivity index is 1.45. The first-order valence-electron chi connectivity index (χ1n) is 10.3. The number of amides is 1. The lowest BCUT2D eigenvalue weighted by Gasteiger charge is -2.09. The van der Waals surface area contributed by atoms with Crippen molar-refractivity contribution in [3.63, 3.8) is 0 Å². The van der Waals surface area contributed by atoms with E-state index in [1.54, 1.807) is 11.3 Å². The van der Waals surface area contributed by atoms with Crippen molar-refractivity contribution < 1.29 is 4.79 Å². The number of aromatic nitrogens is 4. The second-order valence-corrected chi connectivity index (χ2v) is 9.18. The van der Waals surface area contributed by atoms with E-state index in [-0.39, 0.29) is 18.1 Å². The fourth-order valence-corrected chi connectivity index (χ4v) is 5.29. The highest BCUT2D eigenvalue weighted by atomic mass is 32.1. The molecule has 1 N–H and O–H groups in total. The number of benzene rings is 1. The van der Waals surface area contributed by atoms with Gasteiger partial charge in [-0.05, 0) is 54.9 Å². The van der Waals surface area contributed by atoms with Crippen molar-refractivity contribution in [2.24, 2.45) is 0 Å². The number of anilines is 1. The normalized spacial score (nSPS) is 13.8. The van der Waals surface area contributed by atoms with Crippen molar-refractivity contribution in [2.75, 3.05) is 5.32 Å². The van der Waals surface area contributed by atoms with Gasteiger partial charge in [0, 0.05) is 10.6 Å². The number of rotatable bonds is 4. The molecule has 0 unspecified atom stereocenters. The molecule has 1 aliphatic rings. The average Bonchev–Trinajstić information content (AvgIpc) is 3.26. The number of hydrogen-bond acceptors (Lipinski definition) is 5. The fourth-order valence-electron chi connectivity index (χ4n) is 4.07. The summed E-state index contributed by atoms with van der Waals surface area (Å²) in [4.78, 5) is 32.1. The Bertz CT molecular complexity index is 1310. The molecule has 1 amide bonds. The maximum absolute atomic E-state index is 12.8. The van der Waals surface area contributed by atoms with Gasteiger partial charge >= 0.3 is 5.69 Å². The molecule has 7 nitrogen and oxygen atoms in total. The first-order chi connectivity index (χ1) is 14.5. The van der Waals surface area contributed by atoms with E-state index in [0.29, 0.717) is 17.3 Å². The van der Waals surface area contributed by atoms with E-state index < -0.39 is 0 Å². The number of hydrogen-bond donors (Lipinski definition) is 1. The Morgan fingerprint density at radius 2 is 1.97 bits per heavy atom. The maximum atomic E-state index is 12.8. The van der Waals surface area contributed by atoms with Crippen molar-refractivity contribution >= 4 is 38.8 Å². The van der Waals surface area contributed by atoms with Crippen LogP contribution in [0.2, 0.25) is 0 Å². The summed E-state index contributed by atoms with van der Waals surface area (Å²) in [5.41, 5.74) is 3.43. The Hall–Kier alpha value is -3.00. The van der Waals surface area contributed by atoms with Crippen LogP contribution in [0.3, 0.4) is 0 Å². The van der Waals surface area contributed by atoms with Crippen molar-refractivity contribution in [3.8, 4) is 0 Å². The summed E-state index contributed by atoms with van der Waals surface area (Å²) in [5.74, 6) is 0.147. The third-order valence-corrected chi connectivity index (χ3v) is 6.89. The highest BCUT2D eigenvalue weighted by Gasteiger charge is 2.22. The topological polar surface area (TPSA) is 81.3 Å². The number of nitrogens with one attached hydrogen (secondary N) is 1. The molecule has 0 spiro atoms. The van der Waals surface area contributed by atoms with Crippen molar-refractivity contribution in [1.29, 1.82) is 0 Å². The lowest BCUT2D eigenvalue weighted by Crippen LogP contribution is -2.28.